The van der Waals surface area contributed by atoms with Crippen molar-refractivity contribution in [3.05, 3.63) is 75.6 Å². The second kappa shape index (κ2) is 12.8. The molecule has 1 aromatic heterocycles. The van der Waals surface area contributed by atoms with Crippen LogP contribution >= 0.6 is 22.6 Å². The van der Waals surface area contributed by atoms with Crippen LogP contribution in [0.3, 0.4) is 0 Å². The van der Waals surface area contributed by atoms with Crippen molar-refractivity contribution in [1.82, 2.24) is 41.5 Å². The second-order valence-corrected chi connectivity index (χ2v) is 13.4. The number of hydrogen-bond donors (Lipinski definition) is 4. The van der Waals surface area contributed by atoms with Crippen molar-refractivity contribution >= 4 is 40.3 Å². The van der Waals surface area contributed by atoms with E-state index in [0.717, 1.165) is 35.1 Å². The van der Waals surface area contributed by atoms with E-state index in [4.69, 9.17) is 0 Å². The van der Waals surface area contributed by atoms with E-state index in [1.54, 1.807) is 4.90 Å². The Morgan fingerprint density at radius 1 is 1.04 bits per heavy atom. The largest absolute Gasteiger partial charge is 0.352 e. The molecule has 2 fully saturated rings. The standard InChI is InChI=1S/C32H36IN9O3/c1-3-35-29(44)20-7-9-24-18(11-20)5-6-19-12-21(30(45)36-4-2)8-10-25(19)32(24,31-38-40-41-39-31)15-27(33)37-17-28(43)42-23(16-34)13-22-14-26(22)42/h7-12,22-23,26-27,37H,3-6,13-15,17H2,1-2H3,(H,35,44)(H,36,45)(H,38,39,40,41)/t22-,23?,26+,27+/m1/s1. The van der Waals surface area contributed by atoms with Gasteiger partial charge in [0, 0.05) is 30.3 Å². The number of likely N-dealkylation sites (tertiary alicyclic amines) is 1. The number of nitriles is 1. The number of nitrogens with zero attached hydrogens (tertiary/aromatic N) is 5. The zero-order valence-corrected chi connectivity index (χ0v) is 27.4. The first kappa shape index (κ1) is 31.1. The number of H-pyrrole nitrogens is 1. The Morgan fingerprint density at radius 2 is 1.67 bits per heavy atom. The van der Waals surface area contributed by atoms with Gasteiger partial charge in [0.25, 0.3) is 11.8 Å². The first-order valence-electron chi connectivity index (χ1n) is 15.5. The van der Waals surface area contributed by atoms with Gasteiger partial charge in [-0.05, 0) is 98.4 Å². The summed E-state index contributed by atoms with van der Waals surface area (Å²) >= 11 is 2.31. The molecule has 2 aromatic carbocycles. The first-order valence-corrected chi connectivity index (χ1v) is 16.7. The van der Waals surface area contributed by atoms with Crippen molar-refractivity contribution in [3.63, 3.8) is 0 Å². The van der Waals surface area contributed by atoms with Crippen LogP contribution in [-0.2, 0) is 23.1 Å². The number of tetrazole rings is 1. The molecular weight excluding hydrogens is 685 g/mol. The number of aromatic amines is 1. The van der Waals surface area contributed by atoms with E-state index in [1.165, 1.54) is 0 Å². The van der Waals surface area contributed by atoms with E-state index >= 15 is 0 Å². The molecule has 3 aliphatic rings. The fourth-order valence-electron chi connectivity index (χ4n) is 7.11. The molecule has 12 nitrogen and oxygen atoms in total. The van der Waals surface area contributed by atoms with Gasteiger partial charge in [-0.1, -0.05) is 39.9 Å². The molecule has 0 bridgehead atoms. The number of benzene rings is 2. The number of carbonyl (C=O) groups is 3. The van der Waals surface area contributed by atoms with E-state index in [2.05, 4.69) is 65.2 Å². The van der Waals surface area contributed by atoms with Crippen molar-refractivity contribution in [2.75, 3.05) is 19.6 Å². The summed E-state index contributed by atoms with van der Waals surface area (Å²) < 4.78 is -0.229. The highest BCUT2D eigenvalue weighted by Gasteiger charge is 2.54. The summed E-state index contributed by atoms with van der Waals surface area (Å²) in [5, 5.41) is 34.4. The van der Waals surface area contributed by atoms with E-state index in [-0.39, 0.29) is 40.4 Å². The van der Waals surface area contributed by atoms with Crippen molar-refractivity contribution in [1.29, 1.82) is 5.26 Å². The van der Waals surface area contributed by atoms with Gasteiger partial charge in [0.1, 0.15) is 6.04 Å². The summed E-state index contributed by atoms with van der Waals surface area (Å²) in [6.07, 6.45) is 3.46. The van der Waals surface area contributed by atoms with Gasteiger partial charge in [-0.15, -0.1) is 10.2 Å². The number of alkyl halides is 1. The number of hydrogen-bond acceptors (Lipinski definition) is 8. The van der Waals surface area contributed by atoms with Gasteiger partial charge in [0.15, 0.2) is 5.82 Å². The summed E-state index contributed by atoms with van der Waals surface area (Å²) in [5.41, 5.74) is 4.07. The minimum Gasteiger partial charge on any atom is -0.352 e. The number of fused-ring (bicyclic) bond motifs is 3. The van der Waals surface area contributed by atoms with Gasteiger partial charge >= 0.3 is 0 Å². The molecule has 13 heteroatoms. The van der Waals surface area contributed by atoms with Crippen LogP contribution in [0.2, 0.25) is 0 Å². The normalized spacial score (nSPS) is 21.4. The highest BCUT2D eigenvalue weighted by Crippen LogP contribution is 2.49. The Labute approximate surface area is 275 Å². The summed E-state index contributed by atoms with van der Waals surface area (Å²) in [6, 6.07) is 13.6. The van der Waals surface area contributed by atoms with Crippen LogP contribution in [0.15, 0.2) is 36.4 Å². The van der Waals surface area contributed by atoms with Gasteiger partial charge in [-0.2, -0.15) is 10.5 Å². The lowest BCUT2D eigenvalue weighted by atomic mass is 9.69. The molecular formula is C32H36IN9O3. The molecule has 1 unspecified atom stereocenters. The van der Waals surface area contributed by atoms with Crippen molar-refractivity contribution in [2.24, 2.45) is 5.92 Å². The number of carbonyl (C=O) groups excluding carboxylic acids is 3. The lowest BCUT2D eigenvalue weighted by Gasteiger charge is -2.36. The molecule has 4 N–H and O–H groups in total. The quantitative estimate of drug-likeness (QED) is 0.141. The molecule has 45 heavy (non-hydrogen) atoms. The zero-order valence-electron chi connectivity index (χ0n) is 25.3. The molecule has 2 aliphatic carbocycles. The maximum Gasteiger partial charge on any atom is 0.251 e. The second-order valence-electron chi connectivity index (χ2n) is 11.9. The monoisotopic (exact) mass is 721 g/mol. The predicted octanol–water partition coefficient (Wildman–Crippen LogP) is 2.39. The summed E-state index contributed by atoms with van der Waals surface area (Å²) in [7, 11) is 0. The third-order valence-electron chi connectivity index (χ3n) is 9.22. The molecule has 234 valence electrons. The third kappa shape index (κ3) is 5.81. The number of aromatic nitrogens is 4. The van der Waals surface area contributed by atoms with Crippen LogP contribution in [0.25, 0.3) is 0 Å². The predicted molar refractivity (Wildman–Crippen MR) is 174 cm³/mol. The number of rotatable bonds is 10. The number of amides is 3. The van der Waals surface area contributed by atoms with Crippen LogP contribution in [0.1, 0.15) is 81.9 Å². The van der Waals surface area contributed by atoms with E-state index < -0.39 is 5.41 Å². The molecule has 6 rings (SSSR count). The van der Waals surface area contributed by atoms with Crippen LogP contribution in [0, 0.1) is 17.2 Å². The molecule has 1 saturated heterocycles. The highest BCUT2D eigenvalue weighted by molar-refractivity contribution is 14.1. The van der Waals surface area contributed by atoms with E-state index in [0.29, 0.717) is 55.2 Å². The van der Waals surface area contributed by atoms with Crippen molar-refractivity contribution in [2.45, 2.75) is 67.5 Å². The topological polar surface area (TPSA) is 169 Å². The lowest BCUT2D eigenvalue weighted by Crippen LogP contribution is -2.46. The average molecular weight is 722 g/mol. The van der Waals surface area contributed by atoms with Crippen LogP contribution < -0.4 is 16.0 Å². The Kier molecular flexibility index (Phi) is 8.87. The molecule has 3 aromatic rings. The summed E-state index contributed by atoms with van der Waals surface area (Å²) in [5.74, 6) is 0.550. The van der Waals surface area contributed by atoms with Gasteiger partial charge in [0.05, 0.1) is 22.1 Å². The third-order valence-corrected chi connectivity index (χ3v) is 10.1. The first-order chi connectivity index (χ1) is 21.8. The maximum absolute atomic E-state index is 13.3. The van der Waals surface area contributed by atoms with Gasteiger partial charge in [-0.25, -0.2) is 0 Å². The van der Waals surface area contributed by atoms with E-state index in [1.807, 2.05) is 50.2 Å². The van der Waals surface area contributed by atoms with Crippen LogP contribution in [-0.4, -0.2) is 79.0 Å². The number of aryl methyl sites for hydroxylation is 2. The zero-order chi connectivity index (χ0) is 31.7. The molecule has 0 spiro atoms. The smallest absolute Gasteiger partial charge is 0.251 e. The molecule has 3 amide bonds. The SMILES string of the molecule is CCNC(=O)c1ccc2c(c1)CCc1cc(C(=O)NCC)ccc1C2(C[C@@H](I)NCC(=O)N1C(C#N)C[C@@H]2C[C@@H]21)c1nn[nH]n1. The van der Waals surface area contributed by atoms with E-state index in [9.17, 15) is 19.6 Å². The highest BCUT2D eigenvalue weighted by atomic mass is 127. The summed E-state index contributed by atoms with van der Waals surface area (Å²) in [4.78, 5) is 40.8. The van der Waals surface area contributed by atoms with Crippen molar-refractivity contribution in [3.8, 4) is 6.07 Å². The molecule has 2 heterocycles. The van der Waals surface area contributed by atoms with Crippen molar-refractivity contribution < 1.29 is 14.4 Å². The Morgan fingerprint density at radius 3 is 2.20 bits per heavy atom. The molecule has 1 saturated carbocycles. The average Bonchev–Trinajstić information content (AvgIpc) is 3.42. The molecule has 4 atom stereocenters. The van der Waals surface area contributed by atoms with Crippen LogP contribution in [0.4, 0.5) is 0 Å². The number of piperidine rings is 1. The molecule has 0 radical (unpaired) electrons. The fraction of sp³-hybridized carbons (Fsp3) is 0.469. The summed E-state index contributed by atoms with van der Waals surface area (Å²) in [6.45, 7) is 4.91. The lowest BCUT2D eigenvalue weighted by molar-refractivity contribution is -0.131. The van der Waals surface area contributed by atoms with Gasteiger partial charge in [0.2, 0.25) is 5.91 Å². The van der Waals surface area contributed by atoms with Gasteiger partial charge in [-0.3, -0.25) is 19.7 Å². The van der Waals surface area contributed by atoms with Gasteiger partial charge < -0.3 is 15.5 Å². The number of halogens is 1. The minimum absolute atomic E-state index is 0.0679. The molecule has 1 aliphatic heterocycles. The number of nitrogens with one attached hydrogen (secondary N) is 4. The maximum atomic E-state index is 13.3. The fourth-order valence-corrected chi connectivity index (χ4v) is 7.99. The Balaban J connectivity index is 1.40. The Hall–Kier alpha value is -3.90. The minimum atomic E-state index is -0.917. The van der Waals surface area contributed by atoms with Crippen LogP contribution in [0.5, 0.6) is 0 Å². The Bertz CT molecular complexity index is 1580.